The molecule has 0 atom stereocenters. The molecule has 2 N–H and O–H groups in total. The molecule has 4 rings (SSSR count). The normalized spacial score (nSPS) is 10.6. The molecule has 0 aliphatic carbocycles. The molecule has 0 heterocycles. The van der Waals surface area contributed by atoms with E-state index in [0.717, 1.165) is 16.8 Å². The van der Waals surface area contributed by atoms with Crippen molar-refractivity contribution in [2.45, 2.75) is 0 Å². The van der Waals surface area contributed by atoms with Crippen molar-refractivity contribution in [3.05, 3.63) is 103 Å². The van der Waals surface area contributed by atoms with Crippen LogP contribution in [0.15, 0.2) is 103 Å². The van der Waals surface area contributed by atoms with Crippen LogP contribution >= 0.6 is 0 Å². The smallest absolute Gasteiger partial charge is 0.0326 e. The molecule has 0 aromatic heterocycles. The van der Waals surface area contributed by atoms with E-state index in [0.29, 0.717) is 0 Å². The Morgan fingerprint density at radius 1 is 0.360 bits per heavy atom. The van der Waals surface area contributed by atoms with Gasteiger partial charge in [0.1, 0.15) is 0 Å². The molecule has 0 spiro atoms. The summed E-state index contributed by atoms with van der Waals surface area (Å²) in [6, 6.07) is 35.7. The van der Waals surface area contributed by atoms with Crippen LogP contribution in [0.2, 0.25) is 0 Å². The van der Waals surface area contributed by atoms with Crippen LogP contribution in [0.1, 0.15) is 0 Å². The highest BCUT2D eigenvalue weighted by atomic mass is 14.5. The van der Waals surface area contributed by atoms with Crippen LogP contribution in [-0.2, 0) is 0 Å². The van der Waals surface area contributed by atoms with Gasteiger partial charge in [0.15, 0.2) is 0 Å². The zero-order valence-electron chi connectivity index (χ0n) is 13.9. The fourth-order valence-corrected chi connectivity index (χ4v) is 3.10. The van der Waals surface area contributed by atoms with Crippen LogP contribution < -0.4 is 5.73 Å². The molecule has 0 saturated carbocycles. The number of anilines is 1. The standard InChI is InChI=1S/C24H19N/c25-24-16-22(19-9-5-2-6-10-19)15-23(17-24)21-13-11-20(12-14-21)18-7-3-1-4-8-18/h1-17H,25H2. The zero-order chi connectivity index (χ0) is 17.1. The molecule has 0 fully saturated rings. The predicted molar refractivity (Wildman–Crippen MR) is 107 cm³/mol. The highest BCUT2D eigenvalue weighted by Crippen LogP contribution is 2.30. The van der Waals surface area contributed by atoms with Gasteiger partial charge in [-0.05, 0) is 51.6 Å². The van der Waals surface area contributed by atoms with Crippen molar-refractivity contribution in [3.8, 4) is 33.4 Å². The van der Waals surface area contributed by atoms with Gasteiger partial charge in [0.05, 0.1) is 0 Å². The fraction of sp³-hybridized carbons (Fsp3) is 0. The first-order chi connectivity index (χ1) is 12.3. The minimum atomic E-state index is 0.781. The summed E-state index contributed by atoms with van der Waals surface area (Å²) >= 11 is 0. The Labute approximate surface area is 148 Å². The highest BCUT2D eigenvalue weighted by Gasteiger charge is 2.05. The summed E-state index contributed by atoms with van der Waals surface area (Å²) in [6.07, 6.45) is 0. The monoisotopic (exact) mass is 321 g/mol. The van der Waals surface area contributed by atoms with Gasteiger partial charge < -0.3 is 5.73 Å². The van der Waals surface area contributed by atoms with E-state index in [2.05, 4.69) is 66.7 Å². The van der Waals surface area contributed by atoms with Crippen molar-refractivity contribution in [1.82, 2.24) is 0 Å². The lowest BCUT2D eigenvalue weighted by molar-refractivity contribution is 1.57. The van der Waals surface area contributed by atoms with Gasteiger partial charge in [-0.25, -0.2) is 0 Å². The Morgan fingerprint density at radius 2 is 0.720 bits per heavy atom. The Bertz CT molecular complexity index is 971. The third-order valence-electron chi connectivity index (χ3n) is 4.39. The Balaban J connectivity index is 1.71. The van der Waals surface area contributed by atoms with Crippen LogP contribution in [0.4, 0.5) is 5.69 Å². The molecule has 0 amide bonds. The first kappa shape index (κ1) is 15.2. The van der Waals surface area contributed by atoms with E-state index < -0.39 is 0 Å². The molecule has 0 aliphatic rings. The number of nitrogens with two attached hydrogens (primary N) is 1. The summed E-state index contributed by atoms with van der Waals surface area (Å²) in [6.45, 7) is 0. The van der Waals surface area contributed by atoms with Gasteiger partial charge in [0.25, 0.3) is 0 Å². The minimum Gasteiger partial charge on any atom is -0.399 e. The lowest BCUT2D eigenvalue weighted by Gasteiger charge is -2.09. The summed E-state index contributed by atoms with van der Waals surface area (Å²) in [5, 5.41) is 0. The van der Waals surface area contributed by atoms with Crippen molar-refractivity contribution < 1.29 is 0 Å². The van der Waals surface area contributed by atoms with Crippen molar-refractivity contribution in [3.63, 3.8) is 0 Å². The van der Waals surface area contributed by atoms with E-state index in [9.17, 15) is 0 Å². The Morgan fingerprint density at radius 3 is 1.20 bits per heavy atom. The van der Waals surface area contributed by atoms with Crippen molar-refractivity contribution in [2.75, 3.05) is 5.73 Å². The maximum atomic E-state index is 6.16. The van der Waals surface area contributed by atoms with E-state index in [-0.39, 0.29) is 0 Å². The second kappa shape index (κ2) is 6.66. The number of hydrogen-bond acceptors (Lipinski definition) is 1. The van der Waals surface area contributed by atoms with Gasteiger partial charge in [0.2, 0.25) is 0 Å². The molecule has 0 unspecified atom stereocenters. The van der Waals surface area contributed by atoms with E-state index >= 15 is 0 Å². The predicted octanol–water partition coefficient (Wildman–Crippen LogP) is 6.27. The molecule has 4 aromatic carbocycles. The number of rotatable bonds is 3. The average molecular weight is 321 g/mol. The van der Waals surface area contributed by atoms with E-state index in [1.807, 2.05) is 36.4 Å². The maximum absolute atomic E-state index is 6.16. The van der Waals surface area contributed by atoms with Crippen LogP contribution in [0.5, 0.6) is 0 Å². The van der Waals surface area contributed by atoms with Gasteiger partial charge in [-0.2, -0.15) is 0 Å². The van der Waals surface area contributed by atoms with Crippen molar-refractivity contribution in [1.29, 1.82) is 0 Å². The zero-order valence-corrected chi connectivity index (χ0v) is 13.9. The molecule has 120 valence electrons. The summed E-state index contributed by atoms with van der Waals surface area (Å²) < 4.78 is 0. The second-order valence-corrected chi connectivity index (χ2v) is 6.15. The van der Waals surface area contributed by atoms with E-state index in [1.54, 1.807) is 0 Å². The van der Waals surface area contributed by atoms with Crippen LogP contribution in [0.3, 0.4) is 0 Å². The lowest BCUT2D eigenvalue weighted by atomic mass is 9.96. The van der Waals surface area contributed by atoms with E-state index in [4.69, 9.17) is 5.73 Å². The molecule has 0 radical (unpaired) electrons. The highest BCUT2D eigenvalue weighted by molar-refractivity contribution is 5.78. The van der Waals surface area contributed by atoms with Crippen LogP contribution in [0.25, 0.3) is 33.4 Å². The molecule has 0 aliphatic heterocycles. The Hall–Kier alpha value is -3.32. The largest absolute Gasteiger partial charge is 0.399 e. The molecule has 0 bridgehead atoms. The van der Waals surface area contributed by atoms with Crippen molar-refractivity contribution in [2.24, 2.45) is 0 Å². The van der Waals surface area contributed by atoms with Gasteiger partial charge in [-0.15, -0.1) is 0 Å². The molecule has 25 heavy (non-hydrogen) atoms. The third-order valence-corrected chi connectivity index (χ3v) is 4.39. The molecular weight excluding hydrogens is 302 g/mol. The molecule has 4 aromatic rings. The number of benzene rings is 4. The van der Waals surface area contributed by atoms with E-state index in [1.165, 1.54) is 22.3 Å². The maximum Gasteiger partial charge on any atom is 0.0326 e. The van der Waals surface area contributed by atoms with Crippen LogP contribution in [-0.4, -0.2) is 0 Å². The Kier molecular flexibility index (Phi) is 4.05. The number of hydrogen-bond donors (Lipinski definition) is 1. The second-order valence-electron chi connectivity index (χ2n) is 6.15. The molecule has 1 nitrogen and oxygen atoms in total. The third kappa shape index (κ3) is 3.31. The van der Waals surface area contributed by atoms with Gasteiger partial charge in [-0.3, -0.25) is 0 Å². The lowest BCUT2D eigenvalue weighted by Crippen LogP contribution is -1.89. The molecular formula is C24H19N. The topological polar surface area (TPSA) is 26.0 Å². The van der Waals surface area contributed by atoms with Gasteiger partial charge in [-0.1, -0.05) is 84.9 Å². The summed E-state index contributed by atoms with van der Waals surface area (Å²) in [5.74, 6) is 0. The van der Waals surface area contributed by atoms with Crippen molar-refractivity contribution >= 4 is 5.69 Å². The molecule has 1 heteroatoms. The first-order valence-corrected chi connectivity index (χ1v) is 8.41. The SMILES string of the molecule is Nc1cc(-c2ccccc2)cc(-c2ccc(-c3ccccc3)cc2)c1. The fourth-order valence-electron chi connectivity index (χ4n) is 3.10. The number of nitrogen functional groups attached to an aromatic ring is 1. The summed E-state index contributed by atoms with van der Waals surface area (Å²) in [7, 11) is 0. The minimum absolute atomic E-state index is 0.781. The first-order valence-electron chi connectivity index (χ1n) is 8.41. The quantitative estimate of drug-likeness (QED) is 0.442. The summed E-state index contributed by atoms with van der Waals surface area (Å²) in [5.41, 5.74) is 14.0. The average Bonchev–Trinajstić information content (AvgIpc) is 2.69. The van der Waals surface area contributed by atoms with Crippen LogP contribution in [0, 0.1) is 0 Å². The van der Waals surface area contributed by atoms with Gasteiger partial charge in [0, 0.05) is 5.69 Å². The van der Waals surface area contributed by atoms with Gasteiger partial charge >= 0.3 is 0 Å². The molecule has 0 saturated heterocycles. The summed E-state index contributed by atoms with van der Waals surface area (Å²) in [4.78, 5) is 0.